The fourth-order valence-electron chi connectivity index (χ4n) is 3.23. The summed E-state index contributed by atoms with van der Waals surface area (Å²) < 4.78 is 2.61. The van der Waals surface area contributed by atoms with Gasteiger partial charge in [0.2, 0.25) is 0 Å². The number of aromatic amines is 1. The number of rotatable bonds is 5. The Hall–Kier alpha value is -3.01. The Kier molecular flexibility index (Phi) is 5.31. The van der Waals surface area contributed by atoms with E-state index in [9.17, 15) is 4.79 Å². The van der Waals surface area contributed by atoms with Crippen LogP contribution in [0.4, 0.5) is 0 Å². The fraction of sp³-hybridized carbons (Fsp3) is 0.0952. The van der Waals surface area contributed by atoms with Gasteiger partial charge in [0, 0.05) is 23.0 Å². The van der Waals surface area contributed by atoms with Gasteiger partial charge in [-0.05, 0) is 48.2 Å². The molecule has 0 saturated heterocycles. The summed E-state index contributed by atoms with van der Waals surface area (Å²) in [5.41, 5.74) is 3.28. The molecule has 154 valence electrons. The monoisotopic (exact) mass is 466 g/mol. The molecule has 0 atom stereocenters. The lowest BCUT2D eigenvalue weighted by Gasteiger charge is -2.13. The van der Waals surface area contributed by atoms with Crippen molar-refractivity contribution in [3.63, 3.8) is 0 Å². The van der Waals surface area contributed by atoms with Gasteiger partial charge in [0.25, 0.3) is 5.56 Å². The number of pyridine rings is 1. The van der Waals surface area contributed by atoms with Gasteiger partial charge in [-0.1, -0.05) is 29.4 Å². The molecule has 4 heterocycles. The molecule has 0 saturated carbocycles. The minimum absolute atomic E-state index is 0.125. The van der Waals surface area contributed by atoms with E-state index in [1.54, 1.807) is 12.4 Å². The third-order valence-electron chi connectivity index (χ3n) is 4.75. The van der Waals surface area contributed by atoms with Crippen molar-refractivity contribution in [2.24, 2.45) is 0 Å². The van der Waals surface area contributed by atoms with E-state index >= 15 is 0 Å². The van der Waals surface area contributed by atoms with Crippen LogP contribution in [-0.2, 0) is 5.75 Å². The van der Waals surface area contributed by atoms with E-state index in [4.69, 9.17) is 11.6 Å². The van der Waals surface area contributed by atoms with Crippen LogP contribution in [0.25, 0.3) is 27.3 Å². The number of hydrogen-bond acceptors (Lipinski definition) is 7. The highest BCUT2D eigenvalue weighted by Gasteiger charge is 2.19. The zero-order valence-corrected chi connectivity index (χ0v) is 18.6. The third-order valence-corrected chi connectivity index (χ3v) is 7.01. The van der Waals surface area contributed by atoms with Gasteiger partial charge in [0.1, 0.15) is 10.5 Å². The first-order valence-electron chi connectivity index (χ1n) is 9.32. The van der Waals surface area contributed by atoms with Crippen molar-refractivity contribution >= 4 is 44.9 Å². The zero-order valence-electron chi connectivity index (χ0n) is 16.2. The van der Waals surface area contributed by atoms with Crippen LogP contribution >= 0.6 is 34.7 Å². The van der Waals surface area contributed by atoms with Gasteiger partial charge in [-0.3, -0.25) is 14.3 Å². The second-order valence-electron chi connectivity index (χ2n) is 6.70. The summed E-state index contributed by atoms with van der Waals surface area (Å²) in [6, 6.07) is 11.4. The smallest absolute Gasteiger partial charge is 0.268 e. The molecule has 1 N–H and O–H groups in total. The highest BCUT2D eigenvalue weighted by Crippen LogP contribution is 2.32. The van der Waals surface area contributed by atoms with Crippen molar-refractivity contribution in [2.45, 2.75) is 17.8 Å². The Labute approximate surface area is 190 Å². The lowest BCUT2D eigenvalue weighted by atomic mass is 10.2. The maximum atomic E-state index is 12.3. The quantitative estimate of drug-likeness (QED) is 0.371. The Morgan fingerprint density at radius 2 is 2.00 bits per heavy atom. The summed E-state index contributed by atoms with van der Waals surface area (Å²) in [5, 5.41) is 12.1. The van der Waals surface area contributed by atoms with Gasteiger partial charge in [-0.25, -0.2) is 4.98 Å². The number of nitrogens with one attached hydrogen (secondary N) is 1. The van der Waals surface area contributed by atoms with Gasteiger partial charge >= 0.3 is 0 Å². The molecule has 7 nitrogen and oxygen atoms in total. The van der Waals surface area contributed by atoms with Crippen molar-refractivity contribution in [1.29, 1.82) is 0 Å². The van der Waals surface area contributed by atoms with Crippen LogP contribution in [-0.4, -0.2) is 29.7 Å². The molecule has 10 heteroatoms. The van der Waals surface area contributed by atoms with Crippen molar-refractivity contribution in [2.75, 3.05) is 0 Å². The van der Waals surface area contributed by atoms with E-state index in [-0.39, 0.29) is 5.56 Å². The second kappa shape index (κ2) is 8.26. The average Bonchev–Trinajstić information content (AvgIpc) is 3.42. The fourth-order valence-corrected chi connectivity index (χ4v) is 4.94. The molecule has 4 aromatic heterocycles. The topological polar surface area (TPSA) is 89.4 Å². The number of halogens is 1. The molecule has 0 aliphatic heterocycles. The number of thiophene rings is 1. The molecule has 0 spiro atoms. The molecule has 31 heavy (non-hydrogen) atoms. The molecule has 5 rings (SSSR count). The van der Waals surface area contributed by atoms with Gasteiger partial charge in [0.05, 0.1) is 17.0 Å². The van der Waals surface area contributed by atoms with Crippen LogP contribution in [0.2, 0.25) is 5.02 Å². The molecule has 0 unspecified atom stereocenters. The minimum atomic E-state index is -0.125. The van der Waals surface area contributed by atoms with Crippen LogP contribution in [0.1, 0.15) is 11.4 Å². The highest BCUT2D eigenvalue weighted by atomic mass is 35.5. The van der Waals surface area contributed by atoms with Gasteiger partial charge in [-0.2, -0.15) is 0 Å². The zero-order chi connectivity index (χ0) is 21.4. The SMILES string of the molecule is Cc1c(Cl)cccc1-n1c(SCc2nc3ccsc3c(=O)[nH]2)nnc1-c1ccncc1. The maximum Gasteiger partial charge on any atom is 0.268 e. The average molecular weight is 467 g/mol. The largest absolute Gasteiger partial charge is 0.309 e. The molecular formula is C21H15ClN6OS2. The number of aromatic nitrogens is 6. The Bertz CT molecular complexity index is 1440. The molecule has 5 aromatic rings. The first kappa shape index (κ1) is 19.9. The predicted octanol–water partition coefficient (Wildman–Crippen LogP) is 4.88. The number of nitrogens with zero attached hydrogens (tertiary/aromatic N) is 5. The number of hydrogen-bond donors (Lipinski definition) is 1. The predicted molar refractivity (Wildman–Crippen MR) is 124 cm³/mol. The van der Waals surface area contributed by atoms with Crippen LogP contribution < -0.4 is 5.56 Å². The van der Waals surface area contributed by atoms with Crippen LogP contribution in [0.5, 0.6) is 0 Å². The van der Waals surface area contributed by atoms with Crippen LogP contribution in [0.15, 0.2) is 64.1 Å². The molecule has 0 aliphatic carbocycles. The lowest BCUT2D eigenvalue weighted by Crippen LogP contribution is -2.09. The number of thioether (sulfide) groups is 1. The first-order chi connectivity index (χ1) is 15.1. The van der Waals surface area contributed by atoms with Crippen LogP contribution in [0, 0.1) is 6.92 Å². The summed E-state index contributed by atoms with van der Waals surface area (Å²) in [7, 11) is 0. The number of benzene rings is 1. The minimum Gasteiger partial charge on any atom is -0.309 e. The summed E-state index contributed by atoms with van der Waals surface area (Å²) >= 11 is 9.23. The summed E-state index contributed by atoms with van der Waals surface area (Å²) in [5.74, 6) is 1.71. The standard InChI is InChI=1S/C21H15ClN6OS2/c1-12-14(22)3-2-4-16(12)28-19(13-5-8-23-9-6-13)26-27-21(28)31-11-17-24-15-7-10-30-18(15)20(29)25-17/h2-10H,11H2,1H3,(H,24,25,29). The Morgan fingerprint density at radius 3 is 2.84 bits per heavy atom. The first-order valence-corrected chi connectivity index (χ1v) is 11.6. The second-order valence-corrected chi connectivity index (χ2v) is 8.96. The number of H-pyrrole nitrogens is 1. The maximum absolute atomic E-state index is 12.3. The molecule has 0 fully saturated rings. The van der Waals surface area contributed by atoms with Crippen molar-refractivity contribution in [1.82, 2.24) is 29.7 Å². The Morgan fingerprint density at radius 1 is 1.16 bits per heavy atom. The molecule has 0 radical (unpaired) electrons. The van der Waals surface area contributed by atoms with Gasteiger partial charge in [0.15, 0.2) is 11.0 Å². The van der Waals surface area contributed by atoms with Crippen molar-refractivity contribution in [3.8, 4) is 17.1 Å². The van der Waals surface area contributed by atoms with Crippen LogP contribution in [0.3, 0.4) is 0 Å². The Balaban J connectivity index is 1.57. The molecule has 0 amide bonds. The molecular weight excluding hydrogens is 452 g/mol. The molecule has 1 aromatic carbocycles. The van der Waals surface area contributed by atoms with E-state index in [0.29, 0.717) is 37.8 Å². The van der Waals surface area contributed by atoms with Crippen molar-refractivity contribution in [3.05, 3.63) is 80.9 Å². The van der Waals surface area contributed by atoms with Crippen molar-refractivity contribution < 1.29 is 0 Å². The summed E-state index contributed by atoms with van der Waals surface area (Å²) in [6.07, 6.45) is 3.44. The van der Waals surface area contributed by atoms with Gasteiger partial charge < -0.3 is 4.98 Å². The highest BCUT2D eigenvalue weighted by molar-refractivity contribution is 7.98. The molecule has 0 aliphatic rings. The number of fused-ring (bicyclic) bond motifs is 1. The van der Waals surface area contributed by atoms with E-state index in [0.717, 1.165) is 16.8 Å². The third kappa shape index (κ3) is 3.76. The lowest BCUT2D eigenvalue weighted by molar-refractivity contribution is 0.878. The van der Waals surface area contributed by atoms with E-state index in [1.807, 2.05) is 53.3 Å². The van der Waals surface area contributed by atoms with E-state index in [2.05, 4.69) is 25.1 Å². The molecule has 0 bridgehead atoms. The summed E-state index contributed by atoms with van der Waals surface area (Å²) in [6.45, 7) is 1.96. The summed E-state index contributed by atoms with van der Waals surface area (Å²) in [4.78, 5) is 23.8. The normalized spacial score (nSPS) is 11.3. The van der Waals surface area contributed by atoms with Gasteiger partial charge in [-0.15, -0.1) is 21.5 Å². The van der Waals surface area contributed by atoms with E-state index < -0.39 is 0 Å². The van der Waals surface area contributed by atoms with E-state index in [1.165, 1.54) is 23.1 Å².